The molecule has 1 aromatic carbocycles. The van der Waals surface area contributed by atoms with Crippen LogP contribution in [0.4, 0.5) is 0 Å². The van der Waals surface area contributed by atoms with Crippen LogP contribution in [-0.4, -0.2) is 20.0 Å². The van der Waals surface area contributed by atoms with E-state index in [2.05, 4.69) is 6.07 Å². The highest BCUT2D eigenvalue weighted by Gasteiger charge is 2.31. The summed E-state index contributed by atoms with van der Waals surface area (Å²) < 4.78 is 10.3. The van der Waals surface area contributed by atoms with E-state index in [0.29, 0.717) is 17.1 Å². The van der Waals surface area contributed by atoms with Crippen molar-refractivity contribution in [3.8, 4) is 17.6 Å². The van der Waals surface area contributed by atoms with Gasteiger partial charge in [0.15, 0.2) is 17.3 Å². The summed E-state index contributed by atoms with van der Waals surface area (Å²) in [5.41, 5.74) is 0.0631. The summed E-state index contributed by atoms with van der Waals surface area (Å²) >= 11 is 0. The average Bonchev–Trinajstić information content (AvgIpc) is 2.38. The number of Topliss-reactive ketones (excluding diaryl/α,β-unsaturated/α-hetero) is 1. The van der Waals surface area contributed by atoms with Crippen LogP contribution < -0.4 is 9.47 Å². The number of methoxy groups -OCH3 is 2. The Hall–Kier alpha value is -2.02. The molecule has 0 aromatic heterocycles. The Morgan fingerprint density at radius 1 is 1.21 bits per heavy atom. The van der Waals surface area contributed by atoms with Gasteiger partial charge in [-0.2, -0.15) is 5.26 Å². The van der Waals surface area contributed by atoms with E-state index < -0.39 is 11.3 Å². The average molecular weight is 261 g/mol. The van der Waals surface area contributed by atoms with Gasteiger partial charge in [0.1, 0.15) is 5.92 Å². The summed E-state index contributed by atoms with van der Waals surface area (Å²) in [6.45, 7) is 5.42. The molecule has 0 N–H and O–H groups in total. The minimum Gasteiger partial charge on any atom is -0.493 e. The van der Waals surface area contributed by atoms with Crippen LogP contribution in [0, 0.1) is 16.7 Å². The quantitative estimate of drug-likeness (QED) is 0.836. The Bertz CT molecular complexity index is 509. The van der Waals surface area contributed by atoms with Crippen molar-refractivity contribution in [2.24, 2.45) is 5.41 Å². The van der Waals surface area contributed by atoms with Crippen LogP contribution in [0.5, 0.6) is 11.5 Å². The van der Waals surface area contributed by atoms with Crippen LogP contribution in [0.3, 0.4) is 0 Å². The molecule has 0 heterocycles. The van der Waals surface area contributed by atoms with Gasteiger partial charge in [0.2, 0.25) is 0 Å². The molecule has 19 heavy (non-hydrogen) atoms. The Morgan fingerprint density at radius 2 is 1.79 bits per heavy atom. The minimum absolute atomic E-state index is 0.109. The number of ketones is 1. The fourth-order valence-corrected chi connectivity index (χ4v) is 1.75. The molecular weight excluding hydrogens is 242 g/mol. The topological polar surface area (TPSA) is 59.3 Å². The van der Waals surface area contributed by atoms with Gasteiger partial charge in [-0.25, -0.2) is 0 Å². The smallest absolute Gasteiger partial charge is 0.161 e. The first-order valence-electron chi connectivity index (χ1n) is 6.01. The fraction of sp³-hybridized carbons (Fsp3) is 0.467. The van der Waals surface area contributed by atoms with Gasteiger partial charge in [-0.1, -0.05) is 26.8 Å². The van der Waals surface area contributed by atoms with E-state index in [9.17, 15) is 10.1 Å². The Kier molecular flexibility index (Phi) is 4.55. The molecule has 0 saturated carbocycles. The number of benzene rings is 1. The van der Waals surface area contributed by atoms with E-state index >= 15 is 0 Å². The van der Waals surface area contributed by atoms with Crippen LogP contribution >= 0.6 is 0 Å². The zero-order valence-electron chi connectivity index (χ0n) is 12.0. The molecule has 1 unspecified atom stereocenters. The maximum Gasteiger partial charge on any atom is 0.161 e. The predicted molar refractivity (Wildman–Crippen MR) is 72.4 cm³/mol. The minimum atomic E-state index is -0.792. The van der Waals surface area contributed by atoms with Crippen LogP contribution in [0.25, 0.3) is 0 Å². The van der Waals surface area contributed by atoms with Gasteiger partial charge in [0, 0.05) is 5.41 Å². The summed E-state index contributed by atoms with van der Waals surface area (Å²) in [5.74, 6) is 0.190. The standard InChI is InChI=1S/C15H19NO3/c1-15(2,3)14(17)11(9-16)10-6-7-12(18-4)13(8-10)19-5/h6-8,11H,1-5H3. The molecule has 0 aliphatic rings. The molecule has 0 saturated heterocycles. The third-order valence-corrected chi connectivity index (χ3v) is 2.87. The molecule has 0 spiro atoms. The predicted octanol–water partition coefficient (Wildman–Crippen LogP) is 2.93. The Morgan fingerprint density at radius 3 is 2.21 bits per heavy atom. The van der Waals surface area contributed by atoms with Gasteiger partial charge < -0.3 is 9.47 Å². The van der Waals surface area contributed by atoms with Crippen molar-refractivity contribution in [3.63, 3.8) is 0 Å². The SMILES string of the molecule is COc1ccc(C(C#N)C(=O)C(C)(C)C)cc1OC. The number of carbonyl (C=O) groups excluding carboxylic acids is 1. The highest BCUT2D eigenvalue weighted by atomic mass is 16.5. The monoisotopic (exact) mass is 261 g/mol. The summed E-state index contributed by atoms with van der Waals surface area (Å²) in [6.07, 6.45) is 0. The summed E-state index contributed by atoms with van der Waals surface area (Å²) in [7, 11) is 3.06. The lowest BCUT2D eigenvalue weighted by molar-refractivity contribution is -0.126. The second kappa shape index (κ2) is 5.75. The molecule has 4 nitrogen and oxygen atoms in total. The van der Waals surface area contributed by atoms with Gasteiger partial charge >= 0.3 is 0 Å². The molecule has 0 fully saturated rings. The Balaban J connectivity index is 3.21. The fourth-order valence-electron chi connectivity index (χ4n) is 1.75. The Labute approximate surface area is 113 Å². The second-order valence-electron chi connectivity index (χ2n) is 5.29. The summed E-state index contributed by atoms with van der Waals surface area (Å²) in [4.78, 5) is 12.3. The van der Waals surface area contributed by atoms with Crippen molar-refractivity contribution in [3.05, 3.63) is 23.8 Å². The highest BCUT2D eigenvalue weighted by molar-refractivity contribution is 5.92. The first-order valence-corrected chi connectivity index (χ1v) is 6.01. The summed E-state index contributed by atoms with van der Waals surface area (Å²) in [6, 6.07) is 7.17. The highest BCUT2D eigenvalue weighted by Crippen LogP contribution is 2.33. The molecule has 1 rings (SSSR count). The normalized spacial score (nSPS) is 12.4. The van der Waals surface area contributed by atoms with Crippen molar-refractivity contribution in [1.82, 2.24) is 0 Å². The van der Waals surface area contributed by atoms with Crippen molar-refractivity contribution in [2.45, 2.75) is 26.7 Å². The van der Waals surface area contributed by atoms with E-state index in [0.717, 1.165) is 0 Å². The lowest BCUT2D eigenvalue weighted by Crippen LogP contribution is -2.26. The van der Waals surface area contributed by atoms with Crippen molar-refractivity contribution >= 4 is 5.78 Å². The van der Waals surface area contributed by atoms with Crippen molar-refractivity contribution in [1.29, 1.82) is 5.26 Å². The molecule has 0 bridgehead atoms. The molecule has 1 atom stereocenters. The molecule has 0 radical (unpaired) electrons. The van der Waals surface area contributed by atoms with Gasteiger partial charge in [-0.3, -0.25) is 4.79 Å². The van der Waals surface area contributed by atoms with Crippen LogP contribution in [0.15, 0.2) is 18.2 Å². The number of hydrogen-bond acceptors (Lipinski definition) is 4. The van der Waals surface area contributed by atoms with Gasteiger partial charge in [-0.15, -0.1) is 0 Å². The van der Waals surface area contributed by atoms with Crippen LogP contribution in [-0.2, 0) is 4.79 Å². The molecule has 0 aliphatic carbocycles. The molecule has 102 valence electrons. The molecular formula is C15H19NO3. The lowest BCUT2D eigenvalue weighted by Gasteiger charge is -2.21. The number of carbonyl (C=O) groups is 1. The van der Waals surface area contributed by atoms with E-state index in [4.69, 9.17) is 9.47 Å². The maximum absolute atomic E-state index is 12.3. The first kappa shape index (κ1) is 15.0. The number of ether oxygens (including phenoxy) is 2. The molecule has 0 amide bonds. The summed E-state index contributed by atoms with van der Waals surface area (Å²) in [5, 5.41) is 9.26. The van der Waals surface area contributed by atoms with E-state index in [1.165, 1.54) is 7.11 Å². The maximum atomic E-state index is 12.3. The molecule has 4 heteroatoms. The first-order chi connectivity index (χ1) is 8.85. The largest absolute Gasteiger partial charge is 0.493 e. The van der Waals surface area contributed by atoms with Gasteiger partial charge in [0.25, 0.3) is 0 Å². The lowest BCUT2D eigenvalue weighted by atomic mass is 9.80. The van der Waals surface area contributed by atoms with Crippen LogP contribution in [0.1, 0.15) is 32.3 Å². The number of nitriles is 1. The zero-order valence-corrected chi connectivity index (χ0v) is 12.0. The van der Waals surface area contributed by atoms with E-state index in [-0.39, 0.29) is 5.78 Å². The van der Waals surface area contributed by atoms with Crippen molar-refractivity contribution < 1.29 is 14.3 Å². The molecule has 1 aromatic rings. The number of rotatable bonds is 4. The number of hydrogen-bond donors (Lipinski definition) is 0. The third-order valence-electron chi connectivity index (χ3n) is 2.87. The van der Waals surface area contributed by atoms with E-state index in [1.807, 2.05) is 0 Å². The van der Waals surface area contributed by atoms with E-state index in [1.54, 1.807) is 46.1 Å². The number of nitrogens with zero attached hydrogens (tertiary/aromatic N) is 1. The van der Waals surface area contributed by atoms with Gasteiger partial charge in [0.05, 0.1) is 20.3 Å². The van der Waals surface area contributed by atoms with Gasteiger partial charge in [-0.05, 0) is 17.7 Å². The molecule has 0 aliphatic heterocycles. The second-order valence-corrected chi connectivity index (χ2v) is 5.29. The van der Waals surface area contributed by atoms with Crippen molar-refractivity contribution in [2.75, 3.05) is 14.2 Å². The zero-order chi connectivity index (χ0) is 14.6. The van der Waals surface area contributed by atoms with Crippen LogP contribution in [0.2, 0.25) is 0 Å². The third kappa shape index (κ3) is 3.25.